The van der Waals surface area contributed by atoms with Crippen LogP contribution in [0.1, 0.15) is 78.1 Å². The molecule has 18 heavy (non-hydrogen) atoms. The van der Waals surface area contributed by atoms with Crippen LogP contribution in [-0.4, -0.2) is 22.9 Å². The zero-order chi connectivity index (χ0) is 13.4. The summed E-state index contributed by atoms with van der Waals surface area (Å²) < 4.78 is 0. The van der Waals surface area contributed by atoms with E-state index in [0.29, 0.717) is 5.92 Å². The fourth-order valence-electron chi connectivity index (χ4n) is 3.65. The standard InChI is InChI=1S/C16H32O2/c1-3-4-5-9-12-16(13-17,14(2)18)15-10-7-6-8-11-15/h14-15,17-18H,3-13H2,1-2H3. The summed E-state index contributed by atoms with van der Waals surface area (Å²) in [6.45, 7) is 4.25. The summed E-state index contributed by atoms with van der Waals surface area (Å²) in [5.74, 6) is 0.526. The normalized spacial score (nSPS) is 22.7. The molecule has 0 aromatic rings. The van der Waals surface area contributed by atoms with Crippen molar-refractivity contribution >= 4 is 0 Å². The maximum atomic E-state index is 10.2. The topological polar surface area (TPSA) is 40.5 Å². The van der Waals surface area contributed by atoms with E-state index < -0.39 is 0 Å². The van der Waals surface area contributed by atoms with Gasteiger partial charge in [0.25, 0.3) is 0 Å². The lowest BCUT2D eigenvalue weighted by atomic mass is 9.64. The Morgan fingerprint density at radius 3 is 2.28 bits per heavy atom. The molecule has 0 aromatic heterocycles. The van der Waals surface area contributed by atoms with E-state index in [1.165, 1.54) is 51.4 Å². The Hall–Kier alpha value is -0.0800. The molecule has 1 fully saturated rings. The minimum atomic E-state index is -0.382. The molecule has 2 heteroatoms. The number of rotatable bonds is 8. The summed E-state index contributed by atoms with van der Waals surface area (Å²) in [6, 6.07) is 0. The van der Waals surface area contributed by atoms with Crippen molar-refractivity contribution in [2.75, 3.05) is 6.61 Å². The van der Waals surface area contributed by atoms with Crippen molar-refractivity contribution in [2.45, 2.75) is 84.2 Å². The van der Waals surface area contributed by atoms with E-state index in [2.05, 4.69) is 6.92 Å². The van der Waals surface area contributed by atoms with E-state index in [4.69, 9.17) is 0 Å². The summed E-state index contributed by atoms with van der Waals surface area (Å²) in [5.41, 5.74) is -0.228. The van der Waals surface area contributed by atoms with E-state index in [1.54, 1.807) is 0 Å². The summed E-state index contributed by atoms with van der Waals surface area (Å²) in [5, 5.41) is 20.1. The van der Waals surface area contributed by atoms with Gasteiger partial charge in [0.15, 0.2) is 0 Å². The molecule has 1 rings (SSSR count). The average molecular weight is 256 g/mol. The van der Waals surface area contributed by atoms with Crippen LogP contribution in [0, 0.1) is 11.3 Å². The molecule has 0 amide bonds. The second-order valence-corrected chi connectivity index (χ2v) is 6.21. The minimum absolute atomic E-state index is 0.154. The molecule has 1 aliphatic rings. The maximum Gasteiger partial charge on any atom is 0.0592 e. The number of hydrogen-bond acceptors (Lipinski definition) is 2. The van der Waals surface area contributed by atoms with Crippen LogP contribution in [0.5, 0.6) is 0 Å². The van der Waals surface area contributed by atoms with Crippen molar-refractivity contribution in [2.24, 2.45) is 11.3 Å². The summed E-state index contributed by atoms with van der Waals surface area (Å²) >= 11 is 0. The second kappa shape index (κ2) is 8.16. The van der Waals surface area contributed by atoms with E-state index in [-0.39, 0.29) is 18.1 Å². The van der Waals surface area contributed by atoms with Gasteiger partial charge in [0, 0.05) is 5.41 Å². The number of aliphatic hydroxyl groups excluding tert-OH is 2. The number of unbranched alkanes of at least 4 members (excludes halogenated alkanes) is 3. The van der Waals surface area contributed by atoms with Gasteiger partial charge in [-0.3, -0.25) is 0 Å². The van der Waals surface area contributed by atoms with Crippen LogP contribution in [0.2, 0.25) is 0 Å². The van der Waals surface area contributed by atoms with Crippen LogP contribution >= 0.6 is 0 Å². The number of hydrogen-bond donors (Lipinski definition) is 2. The molecule has 0 bridgehead atoms. The highest BCUT2D eigenvalue weighted by atomic mass is 16.3. The molecule has 2 nitrogen and oxygen atoms in total. The molecule has 0 aromatic carbocycles. The van der Waals surface area contributed by atoms with Crippen molar-refractivity contribution in [1.82, 2.24) is 0 Å². The SMILES string of the molecule is CCCCCCC(CO)(C(C)O)C1CCCCC1. The van der Waals surface area contributed by atoms with Gasteiger partial charge in [0.05, 0.1) is 12.7 Å². The lowest BCUT2D eigenvalue weighted by molar-refractivity contribution is -0.0677. The van der Waals surface area contributed by atoms with Crippen LogP contribution in [-0.2, 0) is 0 Å². The van der Waals surface area contributed by atoms with Gasteiger partial charge in [-0.1, -0.05) is 51.9 Å². The maximum absolute atomic E-state index is 10.2. The van der Waals surface area contributed by atoms with Gasteiger partial charge in [-0.05, 0) is 32.1 Å². The van der Waals surface area contributed by atoms with Gasteiger partial charge in [0.2, 0.25) is 0 Å². The molecule has 1 aliphatic carbocycles. The third-order valence-corrected chi connectivity index (χ3v) is 5.04. The Morgan fingerprint density at radius 2 is 1.78 bits per heavy atom. The zero-order valence-electron chi connectivity index (χ0n) is 12.3. The Labute approximate surface area is 113 Å². The van der Waals surface area contributed by atoms with Crippen molar-refractivity contribution in [1.29, 1.82) is 0 Å². The molecule has 108 valence electrons. The molecule has 0 spiro atoms. The van der Waals surface area contributed by atoms with Crippen LogP contribution in [0.25, 0.3) is 0 Å². The second-order valence-electron chi connectivity index (χ2n) is 6.21. The minimum Gasteiger partial charge on any atom is -0.396 e. The molecule has 1 saturated carbocycles. The summed E-state index contributed by atoms with van der Waals surface area (Å²) in [6.07, 6.45) is 11.8. The predicted molar refractivity (Wildman–Crippen MR) is 76.5 cm³/mol. The summed E-state index contributed by atoms with van der Waals surface area (Å²) in [7, 11) is 0. The first-order valence-electron chi connectivity index (χ1n) is 7.96. The van der Waals surface area contributed by atoms with Crippen LogP contribution in [0.3, 0.4) is 0 Å². The van der Waals surface area contributed by atoms with Gasteiger partial charge in [-0.25, -0.2) is 0 Å². The highest BCUT2D eigenvalue weighted by Gasteiger charge is 2.42. The lowest BCUT2D eigenvalue weighted by Crippen LogP contribution is -2.44. The molecular formula is C16H32O2. The van der Waals surface area contributed by atoms with Crippen LogP contribution in [0.4, 0.5) is 0 Å². The van der Waals surface area contributed by atoms with Gasteiger partial charge in [0.1, 0.15) is 0 Å². The molecule has 0 heterocycles. The molecule has 0 aliphatic heterocycles. The van der Waals surface area contributed by atoms with E-state index in [0.717, 1.165) is 12.8 Å². The van der Waals surface area contributed by atoms with Crippen molar-refractivity contribution in [3.8, 4) is 0 Å². The van der Waals surface area contributed by atoms with Crippen molar-refractivity contribution in [3.63, 3.8) is 0 Å². The van der Waals surface area contributed by atoms with E-state index >= 15 is 0 Å². The summed E-state index contributed by atoms with van der Waals surface area (Å²) in [4.78, 5) is 0. The fourth-order valence-corrected chi connectivity index (χ4v) is 3.65. The van der Waals surface area contributed by atoms with Gasteiger partial charge in [-0.2, -0.15) is 0 Å². The molecule has 0 saturated heterocycles. The third kappa shape index (κ3) is 3.96. The Kier molecular flexibility index (Phi) is 7.25. The molecule has 2 N–H and O–H groups in total. The average Bonchev–Trinajstić information content (AvgIpc) is 2.40. The van der Waals surface area contributed by atoms with Gasteiger partial charge in [-0.15, -0.1) is 0 Å². The van der Waals surface area contributed by atoms with E-state index in [1.807, 2.05) is 6.92 Å². The fraction of sp³-hybridized carbons (Fsp3) is 1.00. The largest absolute Gasteiger partial charge is 0.396 e. The molecule has 2 atom stereocenters. The van der Waals surface area contributed by atoms with Gasteiger partial charge < -0.3 is 10.2 Å². The Bertz CT molecular complexity index is 209. The Balaban J connectivity index is 2.60. The zero-order valence-corrected chi connectivity index (χ0v) is 12.3. The molecule has 2 unspecified atom stereocenters. The molecular weight excluding hydrogens is 224 g/mol. The highest BCUT2D eigenvalue weighted by molar-refractivity contribution is 4.91. The van der Waals surface area contributed by atoms with Crippen molar-refractivity contribution < 1.29 is 10.2 Å². The first kappa shape index (κ1) is 16.0. The quantitative estimate of drug-likeness (QED) is 0.647. The number of aliphatic hydroxyl groups is 2. The highest BCUT2D eigenvalue weighted by Crippen LogP contribution is 2.44. The Morgan fingerprint density at radius 1 is 1.11 bits per heavy atom. The first-order chi connectivity index (χ1) is 8.67. The van der Waals surface area contributed by atoms with E-state index in [9.17, 15) is 10.2 Å². The monoisotopic (exact) mass is 256 g/mol. The van der Waals surface area contributed by atoms with Crippen LogP contribution in [0.15, 0.2) is 0 Å². The van der Waals surface area contributed by atoms with Crippen molar-refractivity contribution in [3.05, 3.63) is 0 Å². The van der Waals surface area contributed by atoms with Gasteiger partial charge >= 0.3 is 0 Å². The van der Waals surface area contributed by atoms with Crippen LogP contribution < -0.4 is 0 Å². The smallest absolute Gasteiger partial charge is 0.0592 e. The predicted octanol–water partition coefficient (Wildman–Crippen LogP) is 3.90. The lowest BCUT2D eigenvalue weighted by Gasteiger charge is -2.44. The first-order valence-corrected chi connectivity index (χ1v) is 7.96. The third-order valence-electron chi connectivity index (χ3n) is 5.04. The molecule has 0 radical (unpaired) electrons.